The predicted molar refractivity (Wildman–Crippen MR) is 57.0 cm³/mol. The fraction of sp³-hybridized carbons (Fsp3) is 0.750. The Hall–Kier alpha value is -0.260. The van der Waals surface area contributed by atoms with Gasteiger partial charge in [-0.15, -0.1) is 0 Å². The lowest BCUT2D eigenvalue weighted by Crippen LogP contribution is -2.07. The third-order valence-electron chi connectivity index (χ3n) is 2.33. The van der Waals surface area contributed by atoms with Crippen LogP contribution >= 0.6 is 0 Å². The molecule has 0 heteroatoms. The highest BCUT2D eigenvalue weighted by Gasteiger charge is 2.11. The molecule has 0 aliphatic heterocycles. The highest BCUT2D eigenvalue weighted by Crippen LogP contribution is 2.24. The molecule has 0 fully saturated rings. The lowest BCUT2D eigenvalue weighted by molar-refractivity contribution is 0.356. The number of rotatable bonds is 5. The minimum absolute atomic E-state index is 0.473. The summed E-state index contributed by atoms with van der Waals surface area (Å²) in [5, 5.41) is 0. The molecule has 1 unspecified atom stereocenters. The molecule has 0 heterocycles. The van der Waals surface area contributed by atoms with E-state index in [1.54, 1.807) is 0 Å². The van der Waals surface area contributed by atoms with Crippen LogP contribution in [-0.2, 0) is 0 Å². The Balaban J connectivity index is 3.60. The Morgan fingerprint density at radius 3 is 2.33 bits per heavy atom. The van der Waals surface area contributed by atoms with Gasteiger partial charge in [-0.2, -0.15) is 0 Å². The summed E-state index contributed by atoms with van der Waals surface area (Å²) in [6.07, 6.45) is 8.10. The first-order valence-corrected chi connectivity index (χ1v) is 4.96. The van der Waals surface area contributed by atoms with E-state index >= 15 is 0 Å². The Morgan fingerprint density at radius 2 is 1.92 bits per heavy atom. The lowest BCUT2D eigenvalue weighted by atomic mass is 9.86. The fourth-order valence-corrected chi connectivity index (χ4v) is 0.875. The summed E-state index contributed by atoms with van der Waals surface area (Å²) < 4.78 is 0. The molecule has 12 heavy (non-hydrogen) atoms. The molecule has 0 rings (SSSR count). The van der Waals surface area contributed by atoms with Crippen LogP contribution < -0.4 is 0 Å². The zero-order valence-electron chi connectivity index (χ0n) is 9.06. The fourth-order valence-electron chi connectivity index (χ4n) is 0.875. The maximum absolute atomic E-state index is 3.94. The summed E-state index contributed by atoms with van der Waals surface area (Å²) in [4.78, 5) is 0. The van der Waals surface area contributed by atoms with Gasteiger partial charge in [-0.3, -0.25) is 0 Å². The molecule has 0 aliphatic carbocycles. The Morgan fingerprint density at radius 1 is 1.33 bits per heavy atom. The van der Waals surface area contributed by atoms with Gasteiger partial charge in [-0.1, -0.05) is 53.2 Å². The smallest absolute Gasteiger partial charge is 0.0299 e. The van der Waals surface area contributed by atoms with E-state index in [1.807, 2.05) is 0 Å². The van der Waals surface area contributed by atoms with Gasteiger partial charge in [0.15, 0.2) is 0 Å². The van der Waals surface area contributed by atoms with Crippen molar-refractivity contribution in [2.24, 2.45) is 11.3 Å². The van der Waals surface area contributed by atoms with Gasteiger partial charge >= 0.3 is 0 Å². The topological polar surface area (TPSA) is 0 Å². The normalized spacial score (nSPS) is 13.2. The Bertz CT molecular complexity index is 129. The van der Waals surface area contributed by atoms with E-state index in [0.717, 1.165) is 6.42 Å². The molecule has 0 amide bonds. The second-order valence-electron chi connectivity index (χ2n) is 4.53. The second kappa shape index (κ2) is 5.40. The van der Waals surface area contributed by atoms with Crippen LogP contribution in [-0.4, -0.2) is 0 Å². The van der Waals surface area contributed by atoms with Gasteiger partial charge < -0.3 is 0 Å². The van der Waals surface area contributed by atoms with Crippen LogP contribution in [0.5, 0.6) is 0 Å². The van der Waals surface area contributed by atoms with E-state index in [-0.39, 0.29) is 0 Å². The Labute approximate surface area is 78.1 Å². The van der Waals surface area contributed by atoms with Crippen molar-refractivity contribution < 1.29 is 0 Å². The van der Waals surface area contributed by atoms with Crippen molar-refractivity contribution >= 4 is 0 Å². The molecule has 71 valence electrons. The largest absolute Gasteiger partial charge is 0.0883 e. The van der Waals surface area contributed by atoms with Gasteiger partial charge in [-0.25, -0.2) is 0 Å². The van der Waals surface area contributed by atoms with Gasteiger partial charge in [0.2, 0.25) is 0 Å². The van der Waals surface area contributed by atoms with E-state index in [1.165, 1.54) is 12.8 Å². The summed E-state index contributed by atoms with van der Waals surface area (Å²) in [5.41, 5.74) is 0.473. The molecule has 0 saturated carbocycles. The third kappa shape index (κ3) is 6.45. The quantitative estimate of drug-likeness (QED) is 0.537. The first-order valence-electron chi connectivity index (χ1n) is 4.96. The molecule has 0 nitrogen and oxygen atoms in total. The molecule has 0 aromatic carbocycles. The van der Waals surface area contributed by atoms with Gasteiger partial charge in [0.25, 0.3) is 0 Å². The van der Waals surface area contributed by atoms with Gasteiger partial charge in [0.05, 0.1) is 0 Å². The van der Waals surface area contributed by atoms with Crippen molar-refractivity contribution in [1.29, 1.82) is 0 Å². The average molecular weight is 167 g/mol. The molecular weight excluding hydrogens is 144 g/mol. The van der Waals surface area contributed by atoms with Crippen LogP contribution in [0.2, 0.25) is 0 Å². The molecule has 0 bridgehead atoms. The van der Waals surface area contributed by atoms with Crippen molar-refractivity contribution in [3.05, 3.63) is 19.1 Å². The van der Waals surface area contributed by atoms with Crippen molar-refractivity contribution in [3.8, 4) is 0 Å². The Kier molecular flexibility index (Phi) is 5.28. The van der Waals surface area contributed by atoms with E-state index in [0.29, 0.717) is 11.3 Å². The van der Waals surface area contributed by atoms with Gasteiger partial charge in [0, 0.05) is 0 Å². The molecular formula is C12H23. The predicted octanol–water partition coefficient (Wildman–Crippen LogP) is 4.23. The van der Waals surface area contributed by atoms with Crippen LogP contribution in [0, 0.1) is 18.3 Å². The summed E-state index contributed by atoms with van der Waals surface area (Å²) in [6, 6.07) is 0. The summed E-state index contributed by atoms with van der Waals surface area (Å²) >= 11 is 0. The molecule has 0 aromatic heterocycles. The second-order valence-corrected chi connectivity index (χ2v) is 4.53. The van der Waals surface area contributed by atoms with Crippen molar-refractivity contribution in [2.75, 3.05) is 0 Å². The molecule has 1 atom stereocenters. The van der Waals surface area contributed by atoms with Crippen molar-refractivity contribution in [3.63, 3.8) is 0 Å². The van der Waals surface area contributed by atoms with E-state index in [4.69, 9.17) is 0 Å². The van der Waals surface area contributed by atoms with Crippen LogP contribution in [0.15, 0.2) is 12.2 Å². The molecule has 0 N–H and O–H groups in total. The highest BCUT2D eigenvalue weighted by atomic mass is 14.2. The highest BCUT2D eigenvalue weighted by molar-refractivity contribution is 4.88. The molecule has 1 radical (unpaired) electrons. The number of hydrogen-bond acceptors (Lipinski definition) is 0. The number of allylic oxidation sites excluding steroid dienone is 2. The number of hydrogen-bond donors (Lipinski definition) is 0. The maximum Gasteiger partial charge on any atom is -0.0299 e. The average Bonchev–Trinajstić information content (AvgIpc) is 1.98. The summed E-state index contributed by atoms with van der Waals surface area (Å²) in [6.45, 7) is 13.0. The summed E-state index contributed by atoms with van der Waals surface area (Å²) in [5.74, 6) is 0.547. The molecule has 0 aliphatic rings. The zero-order chi connectivity index (χ0) is 9.61. The lowest BCUT2D eigenvalue weighted by Gasteiger charge is -2.19. The van der Waals surface area contributed by atoms with Gasteiger partial charge in [0.1, 0.15) is 0 Å². The first kappa shape index (κ1) is 11.7. The van der Waals surface area contributed by atoms with E-state index < -0.39 is 0 Å². The van der Waals surface area contributed by atoms with Crippen molar-refractivity contribution in [2.45, 2.75) is 47.0 Å². The maximum atomic E-state index is 3.94. The van der Waals surface area contributed by atoms with Gasteiger partial charge in [-0.05, 0) is 24.2 Å². The van der Waals surface area contributed by atoms with E-state index in [9.17, 15) is 0 Å². The zero-order valence-corrected chi connectivity index (χ0v) is 9.06. The molecule has 0 saturated heterocycles. The molecule has 0 spiro atoms. The minimum Gasteiger partial charge on any atom is -0.0883 e. The standard InChI is InChI=1S/C12H23/c1-6-12(4,5)10-8-7-9-11(2)3/h7-8,11H,2,6,9-10H2,1,3-5H3/b8-7+. The van der Waals surface area contributed by atoms with Crippen LogP contribution in [0.1, 0.15) is 47.0 Å². The van der Waals surface area contributed by atoms with Crippen molar-refractivity contribution in [1.82, 2.24) is 0 Å². The third-order valence-corrected chi connectivity index (χ3v) is 2.33. The monoisotopic (exact) mass is 167 g/mol. The molecule has 0 aromatic rings. The SMILES string of the molecule is [CH2]C(C)C/C=C/CC(C)(C)CC. The van der Waals surface area contributed by atoms with Crippen LogP contribution in [0.4, 0.5) is 0 Å². The van der Waals surface area contributed by atoms with E-state index in [2.05, 4.69) is 46.8 Å². The minimum atomic E-state index is 0.473. The van der Waals surface area contributed by atoms with Crippen LogP contribution in [0.3, 0.4) is 0 Å². The first-order chi connectivity index (χ1) is 5.48. The summed E-state index contributed by atoms with van der Waals surface area (Å²) in [7, 11) is 0. The van der Waals surface area contributed by atoms with Crippen LogP contribution in [0.25, 0.3) is 0 Å².